The van der Waals surface area contributed by atoms with Crippen LogP contribution in [-0.2, 0) is 11.8 Å². The SMILES string of the molecule is c1ccc(-c2ccccc2C(Cc2ccc(-c3ccc4oc5ccccc5c4c3)cc2)c2ccc3c(c2)C2(c4ccccc4Sc4ccccc42)c2ccc4ccccc4c2-3)cc1. The number of para-hydroxylation sites is 1. The topological polar surface area (TPSA) is 13.1 Å². The molecule has 2 heterocycles. The van der Waals surface area contributed by atoms with E-state index in [1.807, 2.05) is 23.9 Å². The highest BCUT2D eigenvalue weighted by Gasteiger charge is 2.50. The van der Waals surface area contributed by atoms with E-state index < -0.39 is 5.41 Å². The van der Waals surface area contributed by atoms with E-state index in [-0.39, 0.29) is 5.92 Å². The Morgan fingerprint density at radius 3 is 1.90 bits per heavy atom. The highest BCUT2D eigenvalue weighted by atomic mass is 32.2. The fourth-order valence-corrected chi connectivity index (χ4v) is 12.2. The maximum atomic E-state index is 6.17. The molecule has 296 valence electrons. The third kappa shape index (κ3) is 5.58. The van der Waals surface area contributed by atoms with Gasteiger partial charge in [0.05, 0.1) is 5.41 Å². The van der Waals surface area contributed by atoms with Gasteiger partial charge in [-0.2, -0.15) is 0 Å². The predicted octanol–water partition coefficient (Wildman–Crippen LogP) is 16.3. The highest BCUT2D eigenvalue weighted by molar-refractivity contribution is 7.99. The lowest BCUT2D eigenvalue weighted by Crippen LogP contribution is -2.32. The van der Waals surface area contributed by atoms with E-state index in [1.165, 1.54) is 92.9 Å². The van der Waals surface area contributed by atoms with E-state index in [9.17, 15) is 0 Å². The zero-order valence-corrected chi connectivity index (χ0v) is 35.3. The third-order valence-corrected chi connectivity index (χ3v) is 14.9. The van der Waals surface area contributed by atoms with Gasteiger partial charge in [-0.25, -0.2) is 0 Å². The zero-order valence-electron chi connectivity index (χ0n) is 34.5. The molecule has 1 spiro atoms. The van der Waals surface area contributed by atoms with Gasteiger partial charge in [-0.05, 0) is 120 Å². The molecule has 0 amide bonds. The minimum absolute atomic E-state index is 0.0761. The smallest absolute Gasteiger partial charge is 0.135 e. The van der Waals surface area contributed by atoms with E-state index in [1.54, 1.807) is 0 Å². The van der Waals surface area contributed by atoms with Gasteiger partial charge >= 0.3 is 0 Å². The molecule has 0 saturated carbocycles. The second-order valence-corrected chi connectivity index (χ2v) is 18.2. The van der Waals surface area contributed by atoms with Crippen LogP contribution in [-0.4, -0.2) is 0 Å². The Hall–Kier alpha value is -7.39. The molecular formula is C61H40OS. The Labute approximate surface area is 371 Å². The maximum absolute atomic E-state index is 6.17. The summed E-state index contributed by atoms with van der Waals surface area (Å²) in [4.78, 5) is 2.64. The van der Waals surface area contributed by atoms with Crippen LogP contribution < -0.4 is 0 Å². The average molecular weight is 821 g/mol. The molecule has 2 heteroatoms. The van der Waals surface area contributed by atoms with Crippen LogP contribution in [0.4, 0.5) is 0 Å². The molecule has 1 unspecified atom stereocenters. The van der Waals surface area contributed by atoms with Crippen molar-refractivity contribution >= 4 is 44.5 Å². The van der Waals surface area contributed by atoms with Gasteiger partial charge in [0, 0.05) is 26.5 Å². The van der Waals surface area contributed by atoms with E-state index in [4.69, 9.17) is 4.42 Å². The molecule has 1 nitrogen and oxygen atoms in total. The monoisotopic (exact) mass is 820 g/mol. The van der Waals surface area contributed by atoms with Crippen molar-refractivity contribution in [3.63, 3.8) is 0 Å². The van der Waals surface area contributed by atoms with Gasteiger partial charge in [-0.3, -0.25) is 0 Å². The average Bonchev–Trinajstić information content (AvgIpc) is 3.87. The van der Waals surface area contributed by atoms with Crippen molar-refractivity contribution in [1.29, 1.82) is 0 Å². The van der Waals surface area contributed by atoms with Crippen molar-refractivity contribution in [1.82, 2.24) is 0 Å². The number of benzene rings is 10. The fraction of sp³-hybridized carbons (Fsp3) is 0.0492. The Morgan fingerprint density at radius 1 is 0.413 bits per heavy atom. The summed E-state index contributed by atoms with van der Waals surface area (Å²) in [6, 6.07) is 83.6. The van der Waals surface area contributed by atoms with Crippen molar-refractivity contribution in [2.75, 3.05) is 0 Å². The van der Waals surface area contributed by atoms with Crippen molar-refractivity contribution in [2.45, 2.75) is 27.5 Å². The first kappa shape index (κ1) is 36.3. The fourth-order valence-electron chi connectivity index (χ4n) is 11.0. The normalized spacial score (nSPS) is 13.8. The van der Waals surface area contributed by atoms with Crippen LogP contribution in [0.25, 0.3) is 66.1 Å². The lowest BCUT2D eigenvalue weighted by molar-refractivity contribution is 0.669. The van der Waals surface area contributed by atoms with Crippen LogP contribution in [0.1, 0.15) is 44.9 Å². The minimum atomic E-state index is -0.476. The number of hydrogen-bond acceptors (Lipinski definition) is 2. The van der Waals surface area contributed by atoms with Gasteiger partial charge in [0.1, 0.15) is 11.2 Å². The van der Waals surface area contributed by atoms with Gasteiger partial charge < -0.3 is 4.42 Å². The molecule has 1 aliphatic carbocycles. The molecule has 1 atom stereocenters. The van der Waals surface area contributed by atoms with Crippen LogP contribution in [0.5, 0.6) is 0 Å². The van der Waals surface area contributed by atoms with Gasteiger partial charge in [0.15, 0.2) is 0 Å². The van der Waals surface area contributed by atoms with Gasteiger partial charge in [0.25, 0.3) is 0 Å². The number of furan rings is 1. The Bertz CT molecular complexity index is 3530. The molecule has 1 aliphatic heterocycles. The summed E-state index contributed by atoms with van der Waals surface area (Å²) in [6.07, 6.45) is 0.847. The van der Waals surface area contributed by atoms with Crippen LogP contribution in [0.15, 0.2) is 239 Å². The predicted molar refractivity (Wildman–Crippen MR) is 262 cm³/mol. The number of rotatable bonds is 6. The third-order valence-electron chi connectivity index (χ3n) is 13.8. The molecule has 63 heavy (non-hydrogen) atoms. The first-order chi connectivity index (χ1) is 31.2. The Balaban J connectivity index is 1.00. The van der Waals surface area contributed by atoms with Crippen LogP contribution in [0, 0.1) is 0 Å². The largest absolute Gasteiger partial charge is 0.456 e. The van der Waals surface area contributed by atoms with Crippen molar-refractivity contribution in [2.24, 2.45) is 0 Å². The van der Waals surface area contributed by atoms with E-state index in [0.29, 0.717) is 0 Å². The lowest BCUT2D eigenvalue weighted by Gasteiger charge is -2.40. The molecule has 13 rings (SSSR count). The van der Waals surface area contributed by atoms with Crippen LogP contribution in [0.2, 0.25) is 0 Å². The number of hydrogen-bond donors (Lipinski definition) is 0. The summed E-state index contributed by atoms with van der Waals surface area (Å²) >= 11 is 1.90. The van der Waals surface area contributed by atoms with Gasteiger partial charge in [-0.1, -0.05) is 206 Å². The molecule has 1 aromatic heterocycles. The van der Waals surface area contributed by atoms with E-state index in [0.717, 1.165) is 28.4 Å². The summed E-state index contributed by atoms with van der Waals surface area (Å²) in [5.41, 5.74) is 18.3. The van der Waals surface area contributed by atoms with E-state index in [2.05, 4.69) is 212 Å². The van der Waals surface area contributed by atoms with Crippen LogP contribution >= 0.6 is 11.8 Å². The minimum Gasteiger partial charge on any atom is -0.456 e. The van der Waals surface area contributed by atoms with E-state index >= 15 is 0 Å². The lowest BCUT2D eigenvalue weighted by atomic mass is 9.66. The molecule has 0 saturated heterocycles. The summed E-state index contributed by atoms with van der Waals surface area (Å²) in [5, 5.41) is 4.87. The molecule has 10 aromatic carbocycles. The van der Waals surface area contributed by atoms with Gasteiger partial charge in [0.2, 0.25) is 0 Å². The second-order valence-electron chi connectivity index (χ2n) is 17.1. The Morgan fingerprint density at radius 2 is 1.08 bits per heavy atom. The second kappa shape index (κ2) is 14.3. The summed E-state index contributed by atoms with van der Waals surface area (Å²) < 4.78 is 6.17. The van der Waals surface area contributed by atoms with Crippen molar-refractivity contribution in [3.05, 3.63) is 263 Å². The molecule has 0 radical (unpaired) electrons. The summed E-state index contributed by atoms with van der Waals surface area (Å²) in [7, 11) is 0. The standard InChI is InChI=1S/C61H40OS/c1-2-14-41(15-3-1)45-17-6-7-19-47(45)50(36-39-26-28-40(29-27-39)43-32-35-57-51(37-43)48-20-8-11-23-56(48)62-57)44-30-33-49-55(38-44)61(54-34-31-42-16-4-5-18-46(42)60(49)54)52-21-9-12-24-58(52)63-59-25-13-10-22-53(59)61/h1-35,37-38,50H,36H2. The first-order valence-electron chi connectivity index (χ1n) is 21.9. The highest BCUT2D eigenvalue weighted by Crippen LogP contribution is 2.63. The molecule has 11 aromatic rings. The molecule has 2 aliphatic rings. The molecule has 0 N–H and O–H groups in total. The van der Waals surface area contributed by atoms with Crippen molar-refractivity contribution in [3.8, 4) is 33.4 Å². The first-order valence-corrected chi connectivity index (χ1v) is 22.7. The molecule has 0 fully saturated rings. The molecule has 0 bridgehead atoms. The maximum Gasteiger partial charge on any atom is 0.135 e. The number of fused-ring (bicyclic) bond motifs is 14. The van der Waals surface area contributed by atoms with Crippen molar-refractivity contribution < 1.29 is 4.42 Å². The van der Waals surface area contributed by atoms with Crippen LogP contribution in [0.3, 0.4) is 0 Å². The Kier molecular flexibility index (Phi) is 8.26. The zero-order chi connectivity index (χ0) is 41.5. The quantitative estimate of drug-likeness (QED) is 0.166. The molecular weight excluding hydrogens is 781 g/mol. The summed E-state index contributed by atoms with van der Waals surface area (Å²) in [6.45, 7) is 0. The summed E-state index contributed by atoms with van der Waals surface area (Å²) in [5.74, 6) is 0.0761. The van der Waals surface area contributed by atoms with Gasteiger partial charge in [-0.15, -0.1) is 0 Å².